The molecule has 0 aliphatic rings. The molecule has 0 heterocycles. The van der Waals surface area contributed by atoms with E-state index < -0.39 is 5.60 Å². The van der Waals surface area contributed by atoms with Gasteiger partial charge in [0.15, 0.2) is 5.96 Å². The maximum absolute atomic E-state index is 13.2. The van der Waals surface area contributed by atoms with Crippen molar-refractivity contribution in [3.63, 3.8) is 0 Å². The number of ether oxygens (including phenoxy) is 1. The molecule has 0 aromatic heterocycles. The van der Waals surface area contributed by atoms with Gasteiger partial charge in [-0.05, 0) is 51.8 Å². The number of hydrogen-bond donors (Lipinski definition) is 2. The van der Waals surface area contributed by atoms with Crippen molar-refractivity contribution in [2.24, 2.45) is 4.99 Å². The van der Waals surface area contributed by atoms with Crippen molar-refractivity contribution < 1.29 is 13.9 Å². The van der Waals surface area contributed by atoms with Crippen LogP contribution in [0.1, 0.15) is 39.7 Å². The van der Waals surface area contributed by atoms with Crippen LogP contribution in [0.3, 0.4) is 0 Å². The molecule has 1 unspecified atom stereocenters. The molecule has 0 bridgehead atoms. The lowest BCUT2D eigenvalue weighted by atomic mass is 10.2. The van der Waals surface area contributed by atoms with E-state index in [0.29, 0.717) is 19.0 Å². The van der Waals surface area contributed by atoms with E-state index in [-0.39, 0.29) is 18.0 Å². The third kappa shape index (κ3) is 8.18. The lowest BCUT2D eigenvalue weighted by Crippen LogP contribution is -2.42. The molecular weight excluding hydrogens is 335 g/mol. The summed E-state index contributed by atoms with van der Waals surface area (Å²) in [6.45, 7) is 8.62. The molecule has 0 saturated carbocycles. The highest BCUT2D eigenvalue weighted by molar-refractivity contribution is 5.79. The summed E-state index contributed by atoms with van der Waals surface area (Å²) in [7, 11) is 3.41. The molecule has 26 heavy (non-hydrogen) atoms. The lowest BCUT2D eigenvalue weighted by Gasteiger charge is -2.28. The second kappa shape index (κ2) is 9.99. The molecule has 0 aliphatic carbocycles. The van der Waals surface area contributed by atoms with Gasteiger partial charge in [-0.3, -0.25) is 4.99 Å². The summed E-state index contributed by atoms with van der Waals surface area (Å²) < 4.78 is 18.6. The molecule has 1 rings (SSSR count). The number of carbonyl (C=O) groups is 1. The third-order valence-corrected chi connectivity index (χ3v) is 3.77. The van der Waals surface area contributed by atoms with Crippen LogP contribution in [0.4, 0.5) is 9.18 Å². The van der Waals surface area contributed by atoms with Crippen LogP contribution in [-0.4, -0.2) is 49.2 Å². The van der Waals surface area contributed by atoms with Crippen LogP contribution in [-0.2, 0) is 11.3 Å². The number of amides is 1. The number of benzene rings is 1. The van der Waals surface area contributed by atoms with Crippen molar-refractivity contribution in [1.29, 1.82) is 0 Å². The number of halogens is 1. The van der Waals surface area contributed by atoms with Crippen LogP contribution in [0.5, 0.6) is 0 Å². The van der Waals surface area contributed by atoms with Gasteiger partial charge in [0.25, 0.3) is 0 Å². The fourth-order valence-electron chi connectivity index (χ4n) is 2.16. The Labute approximate surface area is 155 Å². The van der Waals surface area contributed by atoms with Crippen molar-refractivity contribution in [3.05, 3.63) is 35.6 Å². The summed E-state index contributed by atoms with van der Waals surface area (Å²) in [5.74, 6) is 0.368. The highest BCUT2D eigenvalue weighted by Crippen LogP contribution is 2.11. The molecule has 0 saturated heterocycles. The molecule has 0 radical (unpaired) electrons. The van der Waals surface area contributed by atoms with E-state index in [0.717, 1.165) is 12.0 Å². The molecule has 1 atom stereocenters. The van der Waals surface area contributed by atoms with Gasteiger partial charge in [0, 0.05) is 33.2 Å². The molecule has 0 aliphatic heterocycles. The minimum atomic E-state index is -0.508. The molecule has 2 N–H and O–H groups in total. The number of nitrogens with zero attached hydrogens (tertiary/aromatic N) is 2. The summed E-state index contributed by atoms with van der Waals surface area (Å²) in [6, 6.07) is 6.44. The minimum absolute atomic E-state index is 0.0127. The quantitative estimate of drug-likeness (QED) is 0.600. The molecule has 0 spiro atoms. The molecule has 0 fully saturated rings. The number of guanidine groups is 1. The zero-order chi connectivity index (χ0) is 19.7. The molecule has 1 aromatic carbocycles. The third-order valence-electron chi connectivity index (χ3n) is 3.77. The van der Waals surface area contributed by atoms with Crippen LogP contribution < -0.4 is 10.6 Å². The van der Waals surface area contributed by atoms with E-state index in [1.165, 1.54) is 12.1 Å². The predicted octanol–water partition coefficient (Wildman–Crippen LogP) is 3.14. The standard InChI is InChI=1S/C19H31FN4O2/c1-14(24(6)18(25)26-19(2,3)4)10-11-22-17(21-5)23-13-15-8-7-9-16(20)12-15/h7-9,12,14H,10-11,13H2,1-6H3,(H2,21,22,23). The van der Waals surface area contributed by atoms with Crippen molar-refractivity contribution in [1.82, 2.24) is 15.5 Å². The summed E-state index contributed by atoms with van der Waals surface area (Å²) >= 11 is 0. The average molecular weight is 366 g/mol. The van der Waals surface area contributed by atoms with Crippen LogP contribution in [0.25, 0.3) is 0 Å². The Bertz CT molecular complexity index is 614. The Morgan fingerprint density at radius 2 is 2.04 bits per heavy atom. The van der Waals surface area contributed by atoms with Crippen LogP contribution in [0.15, 0.2) is 29.3 Å². The van der Waals surface area contributed by atoms with Gasteiger partial charge >= 0.3 is 6.09 Å². The van der Waals surface area contributed by atoms with Gasteiger partial charge in [-0.25, -0.2) is 9.18 Å². The van der Waals surface area contributed by atoms with E-state index in [4.69, 9.17) is 4.74 Å². The topological polar surface area (TPSA) is 66.0 Å². The monoisotopic (exact) mass is 366 g/mol. The largest absolute Gasteiger partial charge is 0.444 e. The number of rotatable bonds is 6. The fraction of sp³-hybridized carbons (Fsp3) is 0.579. The van der Waals surface area contributed by atoms with Crippen molar-refractivity contribution in [3.8, 4) is 0 Å². The summed E-state index contributed by atoms with van der Waals surface area (Å²) in [4.78, 5) is 17.8. The summed E-state index contributed by atoms with van der Waals surface area (Å²) in [5, 5.41) is 6.33. The zero-order valence-corrected chi connectivity index (χ0v) is 16.6. The van der Waals surface area contributed by atoms with Crippen LogP contribution in [0.2, 0.25) is 0 Å². The smallest absolute Gasteiger partial charge is 0.410 e. The molecule has 1 aromatic rings. The van der Waals surface area contributed by atoms with Crippen LogP contribution >= 0.6 is 0 Å². The highest BCUT2D eigenvalue weighted by Gasteiger charge is 2.22. The maximum Gasteiger partial charge on any atom is 0.410 e. The van der Waals surface area contributed by atoms with E-state index in [9.17, 15) is 9.18 Å². The summed E-state index contributed by atoms with van der Waals surface area (Å²) in [5.41, 5.74) is 0.331. The lowest BCUT2D eigenvalue weighted by molar-refractivity contribution is 0.0230. The van der Waals surface area contributed by atoms with E-state index in [1.807, 2.05) is 33.8 Å². The molecule has 6 nitrogen and oxygen atoms in total. The second-order valence-corrected chi connectivity index (χ2v) is 7.21. The van der Waals surface area contributed by atoms with Crippen molar-refractivity contribution >= 4 is 12.1 Å². The first-order valence-electron chi connectivity index (χ1n) is 8.77. The van der Waals surface area contributed by atoms with Crippen molar-refractivity contribution in [2.45, 2.75) is 52.3 Å². The number of aliphatic imine (C=N–C) groups is 1. The first kappa shape index (κ1) is 21.7. The van der Waals surface area contributed by atoms with Crippen molar-refractivity contribution in [2.75, 3.05) is 20.6 Å². The number of hydrogen-bond acceptors (Lipinski definition) is 3. The average Bonchev–Trinajstić information content (AvgIpc) is 2.55. The fourth-order valence-corrected chi connectivity index (χ4v) is 2.16. The number of nitrogens with one attached hydrogen (secondary N) is 2. The Hall–Kier alpha value is -2.31. The van der Waals surface area contributed by atoms with Gasteiger partial charge in [-0.15, -0.1) is 0 Å². The van der Waals surface area contributed by atoms with E-state index in [1.54, 1.807) is 25.1 Å². The molecule has 146 valence electrons. The second-order valence-electron chi connectivity index (χ2n) is 7.21. The zero-order valence-electron chi connectivity index (χ0n) is 16.6. The van der Waals surface area contributed by atoms with Gasteiger partial charge in [-0.1, -0.05) is 12.1 Å². The van der Waals surface area contributed by atoms with Gasteiger partial charge in [0.05, 0.1) is 0 Å². The van der Waals surface area contributed by atoms with Gasteiger partial charge in [0.1, 0.15) is 11.4 Å². The Balaban J connectivity index is 2.38. The first-order valence-corrected chi connectivity index (χ1v) is 8.77. The Morgan fingerprint density at radius 1 is 1.35 bits per heavy atom. The van der Waals surface area contributed by atoms with Gasteiger partial charge in [0.2, 0.25) is 0 Å². The SMILES string of the molecule is CN=C(NCCC(C)N(C)C(=O)OC(C)(C)C)NCc1cccc(F)c1. The molecular formula is C19H31FN4O2. The Morgan fingerprint density at radius 3 is 2.62 bits per heavy atom. The first-order chi connectivity index (χ1) is 12.1. The molecule has 7 heteroatoms. The highest BCUT2D eigenvalue weighted by atomic mass is 19.1. The minimum Gasteiger partial charge on any atom is -0.444 e. The molecule has 1 amide bonds. The Kier molecular flexibility index (Phi) is 8.35. The normalized spacial score (nSPS) is 13.1. The number of carbonyl (C=O) groups excluding carboxylic acids is 1. The summed E-state index contributed by atoms with van der Waals surface area (Å²) in [6.07, 6.45) is 0.398. The van der Waals surface area contributed by atoms with Gasteiger partial charge in [-0.2, -0.15) is 0 Å². The van der Waals surface area contributed by atoms with Crippen LogP contribution in [0, 0.1) is 5.82 Å². The van der Waals surface area contributed by atoms with E-state index in [2.05, 4.69) is 15.6 Å². The van der Waals surface area contributed by atoms with Gasteiger partial charge < -0.3 is 20.3 Å². The van der Waals surface area contributed by atoms with E-state index >= 15 is 0 Å². The predicted molar refractivity (Wildman–Crippen MR) is 103 cm³/mol. The maximum atomic E-state index is 13.2.